The van der Waals surface area contributed by atoms with Crippen LogP contribution in [0.3, 0.4) is 0 Å². The average molecular weight is 332 g/mol. The summed E-state index contributed by atoms with van der Waals surface area (Å²) in [5.74, 6) is 0.576. The molecule has 0 atom stereocenters. The number of hydrogen-bond acceptors (Lipinski definition) is 5. The monoisotopic (exact) mass is 332 g/mol. The van der Waals surface area contributed by atoms with Crippen LogP contribution in [-0.2, 0) is 11.3 Å². The molecule has 0 aromatic carbocycles. The van der Waals surface area contributed by atoms with Gasteiger partial charge in [0.05, 0.1) is 4.88 Å². The second-order valence-electron chi connectivity index (χ2n) is 5.99. The predicted molar refractivity (Wildman–Crippen MR) is 91.2 cm³/mol. The van der Waals surface area contributed by atoms with E-state index in [0.29, 0.717) is 11.6 Å². The number of nitrogens with zero attached hydrogens (tertiary/aromatic N) is 3. The third-order valence-electron chi connectivity index (χ3n) is 4.20. The Balaban J connectivity index is 1.82. The van der Waals surface area contributed by atoms with Gasteiger partial charge in [-0.05, 0) is 36.3 Å². The van der Waals surface area contributed by atoms with E-state index in [4.69, 9.17) is 5.73 Å². The number of thiophene rings is 1. The average Bonchev–Trinajstić information content (AvgIpc) is 3.06. The third kappa shape index (κ3) is 3.44. The maximum absolute atomic E-state index is 12.4. The molecule has 122 valence electrons. The van der Waals surface area contributed by atoms with Gasteiger partial charge in [-0.2, -0.15) is 5.10 Å². The highest BCUT2D eigenvalue weighted by atomic mass is 32.1. The number of amides is 1. The molecule has 0 unspecified atom stereocenters. The summed E-state index contributed by atoms with van der Waals surface area (Å²) in [6, 6.07) is 5.39. The first-order valence-electron chi connectivity index (χ1n) is 7.74. The Morgan fingerprint density at radius 1 is 1.43 bits per heavy atom. The van der Waals surface area contributed by atoms with Crippen molar-refractivity contribution in [3.05, 3.63) is 33.9 Å². The molecule has 0 radical (unpaired) electrons. The Hall–Kier alpha value is -2.15. The summed E-state index contributed by atoms with van der Waals surface area (Å²) in [4.78, 5) is 27.3. The molecule has 7 heteroatoms. The number of hydrogen-bond donors (Lipinski definition) is 1. The molecule has 2 aromatic heterocycles. The molecule has 3 heterocycles. The fourth-order valence-electron chi connectivity index (χ4n) is 2.70. The van der Waals surface area contributed by atoms with E-state index >= 15 is 0 Å². The van der Waals surface area contributed by atoms with Crippen LogP contribution in [0.1, 0.15) is 19.8 Å². The largest absolute Gasteiger partial charge is 0.394 e. The summed E-state index contributed by atoms with van der Waals surface area (Å²) in [6.07, 6.45) is 2.01. The van der Waals surface area contributed by atoms with E-state index in [1.807, 2.05) is 22.4 Å². The lowest BCUT2D eigenvalue weighted by Gasteiger charge is -2.30. The summed E-state index contributed by atoms with van der Waals surface area (Å²) >= 11 is 1.52. The van der Waals surface area contributed by atoms with Gasteiger partial charge >= 0.3 is 0 Å². The lowest BCUT2D eigenvalue weighted by Crippen LogP contribution is -2.42. The van der Waals surface area contributed by atoms with Crippen molar-refractivity contribution in [2.75, 3.05) is 18.8 Å². The highest BCUT2D eigenvalue weighted by Crippen LogP contribution is 2.22. The van der Waals surface area contributed by atoms with Gasteiger partial charge in [0.1, 0.15) is 17.9 Å². The van der Waals surface area contributed by atoms with Gasteiger partial charge in [-0.3, -0.25) is 9.59 Å². The van der Waals surface area contributed by atoms with Gasteiger partial charge < -0.3 is 10.6 Å². The van der Waals surface area contributed by atoms with Crippen LogP contribution in [0.25, 0.3) is 10.6 Å². The number of carbonyl (C=O) groups excluding carboxylic acids is 1. The van der Waals surface area contributed by atoms with Crippen LogP contribution in [0.4, 0.5) is 5.69 Å². The van der Waals surface area contributed by atoms with Crippen molar-refractivity contribution in [3.63, 3.8) is 0 Å². The van der Waals surface area contributed by atoms with E-state index in [9.17, 15) is 9.59 Å². The Labute approximate surface area is 138 Å². The zero-order chi connectivity index (χ0) is 16.4. The normalized spacial score (nSPS) is 15.8. The smallest absolute Gasteiger partial charge is 0.290 e. The number of nitrogen functional groups attached to an aromatic ring is 1. The molecular formula is C16H20N4O2S. The fraction of sp³-hybridized carbons (Fsp3) is 0.438. The maximum atomic E-state index is 12.4. The molecule has 0 bridgehead atoms. The zero-order valence-corrected chi connectivity index (χ0v) is 13.9. The molecule has 6 nitrogen and oxygen atoms in total. The van der Waals surface area contributed by atoms with Gasteiger partial charge in [-0.15, -0.1) is 11.3 Å². The number of carbonyl (C=O) groups is 1. The van der Waals surface area contributed by atoms with Gasteiger partial charge in [-0.25, -0.2) is 4.68 Å². The van der Waals surface area contributed by atoms with E-state index < -0.39 is 5.56 Å². The highest BCUT2D eigenvalue weighted by Gasteiger charge is 2.21. The minimum absolute atomic E-state index is 0.0589. The van der Waals surface area contributed by atoms with E-state index in [1.54, 1.807) is 6.07 Å². The van der Waals surface area contributed by atoms with Gasteiger partial charge in [0.25, 0.3) is 5.56 Å². The van der Waals surface area contributed by atoms with Crippen LogP contribution in [0.2, 0.25) is 0 Å². The summed E-state index contributed by atoms with van der Waals surface area (Å²) in [6.45, 7) is 3.62. The van der Waals surface area contributed by atoms with Gasteiger partial charge in [0.15, 0.2) is 0 Å². The van der Waals surface area contributed by atoms with Gasteiger partial charge in [0.2, 0.25) is 5.91 Å². The molecule has 1 saturated heterocycles. The molecule has 2 N–H and O–H groups in total. The van der Waals surface area contributed by atoms with Crippen LogP contribution < -0.4 is 11.3 Å². The molecule has 2 aromatic rings. The molecule has 1 aliphatic rings. The number of likely N-dealkylation sites (tertiary alicyclic amines) is 1. The van der Waals surface area contributed by atoms with Crippen molar-refractivity contribution in [2.45, 2.75) is 26.3 Å². The van der Waals surface area contributed by atoms with Crippen LogP contribution in [-0.4, -0.2) is 33.7 Å². The fourth-order valence-corrected chi connectivity index (χ4v) is 3.38. The van der Waals surface area contributed by atoms with E-state index in [2.05, 4.69) is 12.0 Å². The summed E-state index contributed by atoms with van der Waals surface area (Å²) < 4.78 is 1.19. The van der Waals surface area contributed by atoms with E-state index in [1.165, 1.54) is 16.0 Å². The number of piperidine rings is 1. The second kappa shape index (κ2) is 6.54. The molecule has 0 saturated carbocycles. The van der Waals surface area contributed by atoms with E-state index in [-0.39, 0.29) is 18.1 Å². The molecule has 1 amide bonds. The van der Waals surface area contributed by atoms with Gasteiger partial charge in [-0.1, -0.05) is 13.0 Å². The first kappa shape index (κ1) is 15.7. The molecule has 1 aliphatic heterocycles. The zero-order valence-electron chi connectivity index (χ0n) is 13.1. The van der Waals surface area contributed by atoms with Crippen LogP contribution in [0, 0.1) is 5.92 Å². The molecule has 1 fully saturated rings. The van der Waals surface area contributed by atoms with Crippen LogP contribution in [0.15, 0.2) is 28.4 Å². The lowest BCUT2D eigenvalue weighted by atomic mass is 9.99. The summed E-state index contributed by atoms with van der Waals surface area (Å²) in [7, 11) is 0. The van der Waals surface area contributed by atoms with Crippen LogP contribution >= 0.6 is 11.3 Å². The Morgan fingerprint density at radius 2 is 2.17 bits per heavy atom. The first-order valence-corrected chi connectivity index (χ1v) is 8.62. The van der Waals surface area contributed by atoms with Crippen LogP contribution in [0.5, 0.6) is 0 Å². The summed E-state index contributed by atoms with van der Waals surface area (Å²) in [5, 5.41) is 6.25. The molecular weight excluding hydrogens is 312 g/mol. The highest BCUT2D eigenvalue weighted by molar-refractivity contribution is 7.13. The number of nitrogens with two attached hydrogens (primary N) is 1. The number of rotatable bonds is 3. The molecule has 0 aliphatic carbocycles. The topological polar surface area (TPSA) is 81.2 Å². The minimum atomic E-state index is -0.413. The number of aromatic nitrogens is 2. The quantitative estimate of drug-likeness (QED) is 0.929. The lowest BCUT2D eigenvalue weighted by molar-refractivity contribution is -0.133. The first-order chi connectivity index (χ1) is 11.0. The molecule has 0 spiro atoms. The Morgan fingerprint density at radius 3 is 2.83 bits per heavy atom. The van der Waals surface area contributed by atoms with Crippen molar-refractivity contribution in [2.24, 2.45) is 5.92 Å². The van der Waals surface area contributed by atoms with Crippen molar-refractivity contribution < 1.29 is 4.79 Å². The standard InChI is InChI=1S/C16H20N4O2S/c1-11-4-6-19(7-5-11)15(21)10-20-16(22)12(17)9-13(18-20)14-3-2-8-23-14/h2-3,8-9,11H,4-7,10,17H2,1H3. The second-order valence-corrected chi connectivity index (χ2v) is 6.94. The third-order valence-corrected chi connectivity index (χ3v) is 5.09. The van der Waals surface area contributed by atoms with Crippen molar-refractivity contribution >= 4 is 22.9 Å². The van der Waals surface area contributed by atoms with Crippen molar-refractivity contribution in [1.82, 2.24) is 14.7 Å². The molecule has 23 heavy (non-hydrogen) atoms. The van der Waals surface area contributed by atoms with Crippen molar-refractivity contribution in [1.29, 1.82) is 0 Å². The van der Waals surface area contributed by atoms with Crippen molar-refractivity contribution in [3.8, 4) is 10.6 Å². The van der Waals surface area contributed by atoms with E-state index in [0.717, 1.165) is 30.8 Å². The Kier molecular flexibility index (Phi) is 4.47. The predicted octanol–water partition coefficient (Wildman–Crippen LogP) is 1.81. The minimum Gasteiger partial charge on any atom is -0.394 e. The number of anilines is 1. The summed E-state index contributed by atoms with van der Waals surface area (Å²) in [5.41, 5.74) is 6.13. The Bertz CT molecular complexity index is 746. The molecule has 3 rings (SSSR count). The van der Waals surface area contributed by atoms with Gasteiger partial charge in [0, 0.05) is 13.1 Å². The maximum Gasteiger partial charge on any atom is 0.290 e. The SMILES string of the molecule is CC1CCN(C(=O)Cn2nc(-c3cccs3)cc(N)c2=O)CC1.